The second-order valence-corrected chi connectivity index (χ2v) is 4.00. The van der Waals surface area contributed by atoms with Crippen LogP contribution in [-0.2, 0) is 0 Å². The fraction of sp³-hybridized carbons (Fsp3) is 0.133. The summed E-state index contributed by atoms with van der Waals surface area (Å²) in [5.74, 6) is 5.57. The smallest absolute Gasteiger partial charge is 0.258 e. The van der Waals surface area contributed by atoms with Crippen LogP contribution in [0.4, 0.5) is 5.69 Å². The highest BCUT2D eigenvalue weighted by Gasteiger charge is 2.07. The van der Waals surface area contributed by atoms with Crippen molar-refractivity contribution in [2.45, 2.75) is 6.92 Å². The lowest BCUT2D eigenvalue weighted by molar-refractivity contribution is 0.102. The van der Waals surface area contributed by atoms with Gasteiger partial charge in [0.1, 0.15) is 6.26 Å². The molecular formula is C15H14N2O2. The maximum absolute atomic E-state index is 11.9. The summed E-state index contributed by atoms with van der Waals surface area (Å²) in [4.78, 5) is 11.9. The number of nitrogens with one attached hydrogen (secondary N) is 1. The first-order chi connectivity index (χ1) is 9.20. The molecule has 0 aliphatic carbocycles. The van der Waals surface area contributed by atoms with Gasteiger partial charge in [0, 0.05) is 11.3 Å². The second kappa shape index (κ2) is 5.89. The van der Waals surface area contributed by atoms with Gasteiger partial charge in [-0.15, -0.1) is 0 Å². The van der Waals surface area contributed by atoms with E-state index in [1.165, 1.54) is 12.5 Å². The van der Waals surface area contributed by atoms with E-state index in [0.29, 0.717) is 17.8 Å². The van der Waals surface area contributed by atoms with Crippen molar-refractivity contribution in [3.8, 4) is 11.8 Å². The lowest BCUT2D eigenvalue weighted by atomic mass is 10.1. The van der Waals surface area contributed by atoms with Gasteiger partial charge in [0.05, 0.1) is 18.4 Å². The van der Waals surface area contributed by atoms with Crippen LogP contribution in [0.25, 0.3) is 0 Å². The van der Waals surface area contributed by atoms with E-state index in [9.17, 15) is 4.79 Å². The maximum Gasteiger partial charge on any atom is 0.258 e. The zero-order valence-corrected chi connectivity index (χ0v) is 10.6. The average Bonchev–Trinajstić information content (AvgIpc) is 2.93. The van der Waals surface area contributed by atoms with Crippen LogP contribution in [0.5, 0.6) is 0 Å². The lowest BCUT2D eigenvalue weighted by Gasteiger charge is -2.06. The van der Waals surface area contributed by atoms with Gasteiger partial charge in [-0.3, -0.25) is 4.79 Å². The Morgan fingerprint density at radius 2 is 2.26 bits per heavy atom. The number of hydrogen-bond acceptors (Lipinski definition) is 3. The standard InChI is InChI=1S/C15H14N2O2/c1-11-4-5-14(9-12(11)3-2-7-16)17-15(18)13-6-8-19-10-13/h4-6,8-10H,7,16H2,1H3,(H,17,18). The van der Waals surface area contributed by atoms with Crippen molar-refractivity contribution >= 4 is 11.6 Å². The van der Waals surface area contributed by atoms with Crippen molar-refractivity contribution in [1.82, 2.24) is 0 Å². The summed E-state index contributed by atoms with van der Waals surface area (Å²) >= 11 is 0. The Balaban J connectivity index is 2.19. The van der Waals surface area contributed by atoms with Crippen LogP contribution in [0.2, 0.25) is 0 Å². The van der Waals surface area contributed by atoms with Gasteiger partial charge in [0.25, 0.3) is 5.91 Å². The summed E-state index contributed by atoms with van der Waals surface area (Å²) in [6.07, 6.45) is 2.86. The minimum Gasteiger partial charge on any atom is -0.472 e. The highest BCUT2D eigenvalue weighted by molar-refractivity contribution is 6.04. The van der Waals surface area contributed by atoms with Gasteiger partial charge in [0.2, 0.25) is 0 Å². The van der Waals surface area contributed by atoms with Crippen LogP contribution in [0, 0.1) is 18.8 Å². The van der Waals surface area contributed by atoms with E-state index in [2.05, 4.69) is 17.2 Å². The Morgan fingerprint density at radius 1 is 1.42 bits per heavy atom. The molecule has 1 heterocycles. The largest absolute Gasteiger partial charge is 0.472 e. The van der Waals surface area contributed by atoms with Crippen LogP contribution < -0.4 is 11.1 Å². The molecule has 0 atom stereocenters. The molecule has 0 unspecified atom stereocenters. The molecular weight excluding hydrogens is 240 g/mol. The monoisotopic (exact) mass is 254 g/mol. The fourth-order valence-electron chi connectivity index (χ4n) is 1.58. The van der Waals surface area contributed by atoms with E-state index < -0.39 is 0 Å². The molecule has 0 spiro atoms. The first-order valence-corrected chi connectivity index (χ1v) is 5.84. The number of hydrogen-bond donors (Lipinski definition) is 2. The number of rotatable bonds is 2. The average molecular weight is 254 g/mol. The minimum absolute atomic E-state index is 0.213. The van der Waals surface area contributed by atoms with Gasteiger partial charge < -0.3 is 15.5 Å². The van der Waals surface area contributed by atoms with Gasteiger partial charge in [0.15, 0.2) is 0 Å². The topological polar surface area (TPSA) is 68.3 Å². The minimum atomic E-state index is -0.213. The number of aryl methyl sites for hydroxylation is 1. The van der Waals surface area contributed by atoms with Gasteiger partial charge >= 0.3 is 0 Å². The van der Waals surface area contributed by atoms with E-state index in [0.717, 1.165) is 11.1 Å². The fourth-order valence-corrected chi connectivity index (χ4v) is 1.58. The number of anilines is 1. The summed E-state index contributed by atoms with van der Waals surface area (Å²) in [6.45, 7) is 2.27. The predicted octanol–water partition coefficient (Wildman–Crippen LogP) is 2.15. The van der Waals surface area contributed by atoms with Gasteiger partial charge in [-0.1, -0.05) is 17.9 Å². The third kappa shape index (κ3) is 3.24. The summed E-state index contributed by atoms with van der Waals surface area (Å²) in [5, 5.41) is 2.79. The van der Waals surface area contributed by atoms with Crippen molar-refractivity contribution in [2.75, 3.05) is 11.9 Å². The van der Waals surface area contributed by atoms with Crippen molar-refractivity contribution < 1.29 is 9.21 Å². The van der Waals surface area contributed by atoms with Crippen molar-refractivity contribution in [2.24, 2.45) is 5.73 Å². The normalized spacial score (nSPS) is 9.58. The Morgan fingerprint density at radius 3 is 2.95 bits per heavy atom. The summed E-state index contributed by atoms with van der Waals surface area (Å²) in [7, 11) is 0. The molecule has 1 amide bonds. The molecule has 19 heavy (non-hydrogen) atoms. The summed E-state index contributed by atoms with van der Waals surface area (Å²) in [5.41, 5.74) is 8.43. The number of carbonyl (C=O) groups excluding carboxylic acids is 1. The molecule has 0 radical (unpaired) electrons. The third-order valence-corrected chi connectivity index (χ3v) is 2.60. The van der Waals surface area contributed by atoms with Crippen molar-refractivity contribution in [3.63, 3.8) is 0 Å². The number of amides is 1. The van der Waals surface area contributed by atoms with Crippen LogP contribution in [0.1, 0.15) is 21.5 Å². The molecule has 96 valence electrons. The zero-order valence-electron chi connectivity index (χ0n) is 10.6. The molecule has 2 rings (SSSR count). The molecule has 0 aliphatic heterocycles. The van der Waals surface area contributed by atoms with E-state index in [1.54, 1.807) is 6.07 Å². The van der Waals surface area contributed by atoms with Crippen LogP contribution >= 0.6 is 0 Å². The number of nitrogens with two attached hydrogens (primary N) is 1. The molecule has 0 bridgehead atoms. The number of carbonyl (C=O) groups is 1. The third-order valence-electron chi connectivity index (χ3n) is 2.60. The molecule has 1 aromatic heterocycles. The highest BCUT2D eigenvalue weighted by Crippen LogP contribution is 2.15. The molecule has 0 saturated carbocycles. The van der Waals surface area contributed by atoms with Gasteiger partial charge in [-0.2, -0.15) is 0 Å². The lowest BCUT2D eigenvalue weighted by Crippen LogP contribution is -2.11. The molecule has 4 nitrogen and oxygen atoms in total. The Hall–Kier alpha value is -2.51. The maximum atomic E-state index is 11.9. The molecule has 4 heteroatoms. The summed E-state index contributed by atoms with van der Waals surface area (Å²) < 4.78 is 4.87. The number of furan rings is 1. The predicted molar refractivity (Wildman–Crippen MR) is 73.8 cm³/mol. The zero-order chi connectivity index (χ0) is 13.7. The Bertz CT molecular complexity index is 634. The van der Waals surface area contributed by atoms with Crippen molar-refractivity contribution in [3.05, 3.63) is 53.5 Å². The van der Waals surface area contributed by atoms with Crippen LogP contribution in [0.3, 0.4) is 0 Å². The van der Waals surface area contributed by atoms with E-state index in [1.807, 2.05) is 25.1 Å². The molecule has 0 saturated heterocycles. The van der Waals surface area contributed by atoms with E-state index >= 15 is 0 Å². The SMILES string of the molecule is Cc1ccc(NC(=O)c2ccoc2)cc1C#CCN. The molecule has 1 aromatic carbocycles. The quantitative estimate of drug-likeness (QED) is 0.807. The van der Waals surface area contributed by atoms with Gasteiger partial charge in [-0.25, -0.2) is 0 Å². The van der Waals surface area contributed by atoms with Crippen LogP contribution in [-0.4, -0.2) is 12.5 Å². The van der Waals surface area contributed by atoms with E-state index in [4.69, 9.17) is 10.2 Å². The van der Waals surface area contributed by atoms with E-state index in [-0.39, 0.29) is 5.91 Å². The highest BCUT2D eigenvalue weighted by atomic mass is 16.3. The number of benzene rings is 1. The first-order valence-electron chi connectivity index (χ1n) is 5.84. The van der Waals surface area contributed by atoms with Crippen LogP contribution in [0.15, 0.2) is 41.2 Å². The van der Waals surface area contributed by atoms with Crippen molar-refractivity contribution in [1.29, 1.82) is 0 Å². The molecule has 0 fully saturated rings. The Labute approximate surface area is 111 Å². The molecule has 2 aromatic rings. The van der Waals surface area contributed by atoms with Gasteiger partial charge in [-0.05, 0) is 30.7 Å². The summed E-state index contributed by atoms with van der Waals surface area (Å²) in [6, 6.07) is 7.18. The molecule has 0 aliphatic rings. The second-order valence-electron chi connectivity index (χ2n) is 4.00. The first kappa shape index (κ1) is 12.9. The Kier molecular flexibility index (Phi) is 4.01. The molecule has 3 N–H and O–H groups in total.